The summed E-state index contributed by atoms with van der Waals surface area (Å²) in [5.74, 6) is -0.329. The topological polar surface area (TPSA) is 75.6 Å². The lowest BCUT2D eigenvalue weighted by Gasteiger charge is -1.96. The number of carbonyl (C=O) groups is 1. The van der Waals surface area contributed by atoms with E-state index in [4.69, 9.17) is 4.89 Å². The summed E-state index contributed by atoms with van der Waals surface area (Å²) in [6, 6.07) is 0.266. The van der Waals surface area contributed by atoms with Crippen LogP contribution in [-0.2, 0) is 13.9 Å². The summed E-state index contributed by atoms with van der Waals surface area (Å²) in [5, 5.41) is 2.61. The smallest absolute Gasteiger partial charge is 0.351 e. The van der Waals surface area contributed by atoms with Crippen LogP contribution in [0.1, 0.15) is 12.8 Å². The van der Waals surface area contributed by atoms with Gasteiger partial charge in [-0.3, -0.25) is 4.79 Å². The second-order valence-corrected chi connectivity index (χ2v) is 3.09. The summed E-state index contributed by atoms with van der Waals surface area (Å²) in [6.45, 7) is -0.331. The first kappa shape index (κ1) is 8.59. The Labute approximate surface area is 64.7 Å². The van der Waals surface area contributed by atoms with E-state index < -0.39 is 8.25 Å². The van der Waals surface area contributed by atoms with Gasteiger partial charge in [-0.2, -0.15) is 0 Å². The van der Waals surface area contributed by atoms with Crippen LogP contribution >= 0.6 is 8.25 Å². The Morgan fingerprint density at radius 1 is 1.73 bits per heavy atom. The van der Waals surface area contributed by atoms with E-state index in [0.717, 1.165) is 12.8 Å². The molecule has 0 aromatic carbocycles. The van der Waals surface area contributed by atoms with Crippen LogP contribution in [0.25, 0.3) is 0 Å². The van der Waals surface area contributed by atoms with Gasteiger partial charge in [0.2, 0.25) is 0 Å². The summed E-state index contributed by atoms with van der Waals surface area (Å²) < 4.78 is 14.1. The number of hydrogen-bond donors (Lipinski definition) is 2. The highest BCUT2D eigenvalue weighted by Crippen LogP contribution is 2.19. The van der Waals surface area contributed by atoms with Crippen molar-refractivity contribution in [3.63, 3.8) is 0 Å². The Morgan fingerprint density at radius 3 is 2.82 bits per heavy atom. The van der Waals surface area contributed by atoms with E-state index in [9.17, 15) is 9.36 Å². The van der Waals surface area contributed by atoms with Crippen molar-refractivity contribution in [1.29, 1.82) is 0 Å². The second-order valence-electron chi connectivity index (χ2n) is 2.35. The maximum Gasteiger partial charge on any atom is 0.695 e. The summed E-state index contributed by atoms with van der Waals surface area (Å²) >= 11 is 0. The van der Waals surface area contributed by atoms with Crippen molar-refractivity contribution in [2.24, 2.45) is 0 Å². The number of carbonyl (C=O) groups excluding carboxylic acids is 1. The van der Waals surface area contributed by atoms with Crippen molar-refractivity contribution >= 4 is 14.2 Å². The molecule has 0 spiro atoms. The van der Waals surface area contributed by atoms with Crippen LogP contribution in [0.4, 0.5) is 0 Å². The summed E-state index contributed by atoms with van der Waals surface area (Å²) in [5.41, 5.74) is 0. The third-order valence-corrected chi connectivity index (χ3v) is 1.60. The predicted molar refractivity (Wildman–Crippen MR) is 36.9 cm³/mol. The van der Waals surface area contributed by atoms with Crippen molar-refractivity contribution in [3.05, 3.63) is 0 Å². The van der Waals surface area contributed by atoms with Gasteiger partial charge in [0.1, 0.15) is 0 Å². The number of nitrogens with one attached hydrogen (secondary N) is 1. The number of hydrogen-bond acceptors (Lipinski definition) is 3. The molecular weight excluding hydrogens is 169 g/mol. The SMILES string of the molecule is O=C(CO[P+](=O)O)NC1CC1. The predicted octanol–water partition coefficient (Wildman–Crippen LogP) is -0.0687. The van der Waals surface area contributed by atoms with E-state index in [2.05, 4.69) is 9.84 Å². The second kappa shape index (κ2) is 3.76. The molecule has 1 unspecified atom stereocenters. The molecule has 0 bridgehead atoms. The van der Waals surface area contributed by atoms with Crippen LogP contribution in [-0.4, -0.2) is 23.4 Å². The largest absolute Gasteiger partial charge is 0.695 e. The van der Waals surface area contributed by atoms with Crippen molar-refractivity contribution in [2.45, 2.75) is 18.9 Å². The van der Waals surface area contributed by atoms with Crippen LogP contribution in [0.2, 0.25) is 0 Å². The van der Waals surface area contributed by atoms with Gasteiger partial charge in [0, 0.05) is 10.6 Å². The van der Waals surface area contributed by atoms with E-state index in [-0.39, 0.29) is 18.6 Å². The molecule has 1 fully saturated rings. The van der Waals surface area contributed by atoms with Gasteiger partial charge in [-0.1, -0.05) is 0 Å². The lowest BCUT2D eigenvalue weighted by Crippen LogP contribution is -2.28. The molecule has 0 saturated heterocycles. The Balaban J connectivity index is 2.04. The van der Waals surface area contributed by atoms with E-state index in [1.165, 1.54) is 0 Å². The maximum atomic E-state index is 10.7. The van der Waals surface area contributed by atoms with Crippen LogP contribution in [0, 0.1) is 0 Å². The molecule has 1 atom stereocenters. The van der Waals surface area contributed by atoms with Crippen LogP contribution in [0.3, 0.4) is 0 Å². The monoisotopic (exact) mass is 178 g/mol. The lowest BCUT2D eigenvalue weighted by molar-refractivity contribution is -0.123. The first-order valence-corrected chi connectivity index (χ1v) is 4.40. The zero-order valence-electron chi connectivity index (χ0n) is 5.82. The Hall–Kier alpha value is -0.510. The molecule has 0 aliphatic heterocycles. The number of rotatable bonds is 4. The summed E-state index contributed by atoms with van der Waals surface area (Å²) in [6.07, 6.45) is 1.99. The maximum absolute atomic E-state index is 10.7. The first-order chi connectivity index (χ1) is 5.18. The highest BCUT2D eigenvalue weighted by molar-refractivity contribution is 7.32. The molecule has 0 radical (unpaired) electrons. The minimum atomic E-state index is -2.65. The zero-order chi connectivity index (χ0) is 8.27. The molecule has 6 heteroatoms. The van der Waals surface area contributed by atoms with E-state index in [0.29, 0.717) is 0 Å². The van der Waals surface area contributed by atoms with Gasteiger partial charge in [-0.15, -0.1) is 9.42 Å². The molecular formula is C5H9NO4P+. The van der Waals surface area contributed by atoms with E-state index >= 15 is 0 Å². The Bertz CT molecular complexity index is 179. The fraction of sp³-hybridized carbons (Fsp3) is 0.800. The Kier molecular flexibility index (Phi) is 2.93. The quantitative estimate of drug-likeness (QED) is 0.591. The first-order valence-electron chi connectivity index (χ1n) is 3.27. The molecule has 1 amide bonds. The molecule has 0 aromatic heterocycles. The Morgan fingerprint density at radius 2 is 2.36 bits per heavy atom. The summed E-state index contributed by atoms with van der Waals surface area (Å²) in [7, 11) is -2.65. The molecule has 2 N–H and O–H groups in total. The van der Waals surface area contributed by atoms with Gasteiger partial charge in [-0.25, -0.2) is 0 Å². The van der Waals surface area contributed by atoms with Gasteiger partial charge in [0.15, 0.2) is 6.61 Å². The molecule has 1 aliphatic carbocycles. The average Bonchev–Trinajstić information content (AvgIpc) is 2.67. The molecule has 11 heavy (non-hydrogen) atoms. The van der Waals surface area contributed by atoms with Crippen molar-refractivity contribution in [3.8, 4) is 0 Å². The van der Waals surface area contributed by atoms with E-state index in [1.807, 2.05) is 0 Å². The summed E-state index contributed by atoms with van der Waals surface area (Å²) in [4.78, 5) is 18.9. The van der Waals surface area contributed by atoms with Gasteiger partial charge < -0.3 is 5.32 Å². The highest BCUT2D eigenvalue weighted by Gasteiger charge is 2.24. The molecule has 0 aromatic rings. The minimum absolute atomic E-state index is 0.266. The van der Waals surface area contributed by atoms with Crippen LogP contribution < -0.4 is 5.32 Å². The third kappa shape index (κ3) is 4.03. The fourth-order valence-electron chi connectivity index (χ4n) is 0.611. The van der Waals surface area contributed by atoms with Gasteiger partial charge in [0.05, 0.1) is 0 Å². The molecule has 5 nitrogen and oxygen atoms in total. The number of amides is 1. The normalized spacial score (nSPS) is 17.7. The molecule has 1 aliphatic rings. The van der Waals surface area contributed by atoms with Gasteiger partial charge in [-0.05, 0) is 12.8 Å². The lowest BCUT2D eigenvalue weighted by atomic mass is 10.6. The van der Waals surface area contributed by atoms with Crippen LogP contribution in [0.15, 0.2) is 0 Å². The molecule has 0 heterocycles. The standard InChI is InChI=1S/C5H8NO4P/c7-5(3-10-11(8)9)6-4-1-2-4/h4H,1-3H2,(H-,6,7,8,9)/p+1. The van der Waals surface area contributed by atoms with Crippen LogP contribution in [0.5, 0.6) is 0 Å². The highest BCUT2D eigenvalue weighted by atomic mass is 31.1. The molecule has 1 rings (SSSR count). The third-order valence-electron chi connectivity index (χ3n) is 1.25. The average molecular weight is 178 g/mol. The van der Waals surface area contributed by atoms with Gasteiger partial charge >= 0.3 is 8.25 Å². The minimum Gasteiger partial charge on any atom is -0.351 e. The van der Waals surface area contributed by atoms with Gasteiger partial charge in [0.25, 0.3) is 5.91 Å². The van der Waals surface area contributed by atoms with Crippen molar-refractivity contribution in [1.82, 2.24) is 5.32 Å². The molecule has 62 valence electrons. The van der Waals surface area contributed by atoms with E-state index in [1.54, 1.807) is 0 Å². The molecule has 1 saturated carbocycles. The zero-order valence-corrected chi connectivity index (χ0v) is 6.71. The van der Waals surface area contributed by atoms with Crippen molar-refractivity contribution in [2.75, 3.05) is 6.61 Å². The van der Waals surface area contributed by atoms with Crippen molar-refractivity contribution < 1.29 is 18.8 Å². The fourth-order valence-corrected chi connectivity index (χ4v) is 0.839.